The van der Waals surface area contributed by atoms with E-state index in [0.29, 0.717) is 5.56 Å². The predicted molar refractivity (Wildman–Crippen MR) is 78.3 cm³/mol. The molecule has 0 radical (unpaired) electrons. The highest BCUT2D eigenvalue weighted by Gasteiger charge is 2.15. The lowest BCUT2D eigenvalue weighted by Crippen LogP contribution is -2.40. The van der Waals surface area contributed by atoms with Gasteiger partial charge in [0.15, 0.2) is 0 Å². The van der Waals surface area contributed by atoms with Gasteiger partial charge in [0.1, 0.15) is 0 Å². The molecule has 5 heteroatoms. The molecule has 0 amide bonds. The number of para-hydroxylation sites is 1. The Morgan fingerprint density at radius 3 is 2.75 bits per heavy atom. The molecule has 1 aromatic rings. The summed E-state index contributed by atoms with van der Waals surface area (Å²) < 4.78 is 10.2. The Morgan fingerprint density at radius 2 is 2.05 bits per heavy atom. The number of likely N-dealkylation sites (N-methyl/N-ethyl adjacent to an activating group) is 1. The Kier molecular flexibility index (Phi) is 5.38. The quantitative estimate of drug-likeness (QED) is 0.758. The number of methoxy groups -OCH3 is 1. The minimum absolute atomic E-state index is 0.293. The molecule has 0 atom stereocenters. The molecule has 1 aliphatic rings. The van der Waals surface area contributed by atoms with Gasteiger partial charge >= 0.3 is 5.97 Å². The van der Waals surface area contributed by atoms with Crippen molar-refractivity contribution in [1.29, 1.82) is 0 Å². The van der Waals surface area contributed by atoms with E-state index < -0.39 is 0 Å². The first-order valence-electron chi connectivity index (χ1n) is 6.91. The maximum absolute atomic E-state index is 11.8. The van der Waals surface area contributed by atoms with Crippen LogP contribution in [0.1, 0.15) is 10.4 Å². The van der Waals surface area contributed by atoms with Crippen LogP contribution in [-0.4, -0.2) is 64.4 Å². The van der Waals surface area contributed by atoms with E-state index in [1.165, 1.54) is 7.11 Å². The van der Waals surface area contributed by atoms with Crippen LogP contribution in [-0.2, 0) is 9.47 Å². The molecule has 110 valence electrons. The second-order valence-electron chi connectivity index (χ2n) is 4.88. The molecule has 0 bridgehead atoms. The predicted octanol–water partition coefficient (Wildman–Crippen LogP) is 1.24. The average molecular weight is 278 g/mol. The van der Waals surface area contributed by atoms with Gasteiger partial charge in [0, 0.05) is 33.2 Å². The van der Waals surface area contributed by atoms with E-state index >= 15 is 0 Å². The molecule has 0 spiro atoms. The summed E-state index contributed by atoms with van der Waals surface area (Å²) in [6.07, 6.45) is 0. The number of carbonyl (C=O) groups excluding carboxylic acids is 1. The number of ether oxygens (including phenoxy) is 2. The fourth-order valence-corrected chi connectivity index (χ4v) is 2.33. The minimum Gasteiger partial charge on any atom is -0.465 e. The molecule has 5 nitrogen and oxygen atoms in total. The van der Waals surface area contributed by atoms with E-state index in [9.17, 15) is 4.79 Å². The topological polar surface area (TPSA) is 42.0 Å². The maximum Gasteiger partial charge on any atom is 0.339 e. The molecular formula is C15H22N2O3. The van der Waals surface area contributed by atoms with Crippen molar-refractivity contribution in [2.45, 2.75) is 0 Å². The van der Waals surface area contributed by atoms with E-state index in [1.54, 1.807) is 6.07 Å². The van der Waals surface area contributed by atoms with E-state index in [4.69, 9.17) is 9.47 Å². The monoisotopic (exact) mass is 278 g/mol. The molecular weight excluding hydrogens is 256 g/mol. The van der Waals surface area contributed by atoms with Gasteiger partial charge in [-0.05, 0) is 12.1 Å². The smallest absolute Gasteiger partial charge is 0.339 e. The van der Waals surface area contributed by atoms with Crippen LogP contribution in [0.5, 0.6) is 0 Å². The summed E-state index contributed by atoms with van der Waals surface area (Å²) in [7, 11) is 3.41. The number of hydrogen-bond acceptors (Lipinski definition) is 5. The maximum atomic E-state index is 11.8. The number of rotatable bonds is 5. The lowest BCUT2D eigenvalue weighted by atomic mass is 10.1. The van der Waals surface area contributed by atoms with Crippen LogP contribution in [0.15, 0.2) is 24.3 Å². The molecule has 0 unspecified atom stereocenters. The molecule has 0 N–H and O–H groups in total. The van der Waals surface area contributed by atoms with Crippen molar-refractivity contribution in [2.75, 3.05) is 58.5 Å². The summed E-state index contributed by atoms with van der Waals surface area (Å²) in [6, 6.07) is 7.54. The second kappa shape index (κ2) is 7.26. The summed E-state index contributed by atoms with van der Waals surface area (Å²) >= 11 is 0. The number of benzene rings is 1. The second-order valence-corrected chi connectivity index (χ2v) is 4.88. The number of morpholine rings is 1. The third-order valence-electron chi connectivity index (χ3n) is 3.58. The van der Waals surface area contributed by atoms with Gasteiger partial charge in [0.2, 0.25) is 0 Å². The first-order chi connectivity index (χ1) is 9.72. The first kappa shape index (κ1) is 14.8. The molecule has 0 saturated carbocycles. The average Bonchev–Trinajstić information content (AvgIpc) is 2.52. The Bertz CT molecular complexity index is 444. The van der Waals surface area contributed by atoms with Gasteiger partial charge in [-0.1, -0.05) is 12.1 Å². The molecule has 1 aromatic carbocycles. The molecule has 1 aliphatic heterocycles. The summed E-state index contributed by atoms with van der Waals surface area (Å²) in [6.45, 7) is 5.41. The van der Waals surface area contributed by atoms with Crippen LogP contribution in [0.2, 0.25) is 0 Å². The molecule has 1 heterocycles. The Morgan fingerprint density at radius 1 is 1.35 bits per heavy atom. The van der Waals surface area contributed by atoms with E-state index in [2.05, 4.69) is 9.80 Å². The summed E-state index contributed by atoms with van der Waals surface area (Å²) in [5, 5.41) is 0. The SMILES string of the molecule is COC(=O)c1ccccc1N(C)CCN1CCOCC1. The summed E-state index contributed by atoms with van der Waals surface area (Å²) in [4.78, 5) is 16.2. The van der Waals surface area contributed by atoms with Gasteiger partial charge in [-0.3, -0.25) is 4.90 Å². The van der Waals surface area contributed by atoms with Crippen molar-refractivity contribution in [2.24, 2.45) is 0 Å². The van der Waals surface area contributed by atoms with E-state index in [0.717, 1.165) is 45.1 Å². The van der Waals surface area contributed by atoms with Crippen molar-refractivity contribution in [3.63, 3.8) is 0 Å². The number of esters is 1. The summed E-state index contributed by atoms with van der Waals surface area (Å²) in [5.74, 6) is -0.293. The van der Waals surface area contributed by atoms with Crippen LogP contribution >= 0.6 is 0 Å². The van der Waals surface area contributed by atoms with Gasteiger partial charge in [-0.15, -0.1) is 0 Å². The zero-order valence-electron chi connectivity index (χ0n) is 12.2. The fourth-order valence-electron chi connectivity index (χ4n) is 2.33. The molecule has 20 heavy (non-hydrogen) atoms. The molecule has 2 rings (SSSR count). The fraction of sp³-hybridized carbons (Fsp3) is 0.533. The van der Waals surface area contributed by atoms with Crippen molar-refractivity contribution in [3.05, 3.63) is 29.8 Å². The van der Waals surface area contributed by atoms with Gasteiger partial charge in [-0.25, -0.2) is 4.79 Å². The van der Waals surface area contributed by atoms with Crippen LogP contribution < -0.4 is 4.90 Å². The summed E-state index contributed by atoms with van der Waals surface area (Å²) in [5.41, 5.74) is 1.52. The number of hydrogen-bond donors (Lipinski definition) is 0. The Balaban J connectivity index is 1.97. The normalized spacial score (nSPS) is 15.9. The zero-order valence-corrected chi connectivity index (χ0v) is 12.2. The third-order valence-corrected chi connectivity index (χ3v) is 3.58. The van der Waals surface area contributed by atoms with Crippen molar-refractivity contribution in [1.82, 2.24) is 4.90 Å². The number of carbonyl (C=O) groups is 1. The standard InChI is InChI=1S/C15H22N2O3/c1-16(7-8-17-9-11-20-12-10-17)14-6-4-3-5-13(14)15(18)19-2/h3-6H,7-12H2,1-2H3. The van der Waals surface area contributed by atoms with Gasteiger partial charge in [0.05, 0.1) is 31.6 Å². The van der Waals surface area contributed by atoms with Crippen LogP contribution in [0, 0.1) is 0 Å². The molecule has 0 aromatic heterocycles. The molecule has 1 saturated heterocycles. The zero-order chi connectivity index (χ0) is 14.4. The Hall–Kier alpha value is -1.59. The van der Waals surface area contributed by atoms with Crippen LogP contribution in [0.25, 0.3) is 0 Å². The van der Waals surface area contributed by atoms with Crippen LogP contribution in [0.4, 0.5) is 5.69 Å². The third kappa shape index (κ3) is 3.71. The van der Waals surface area contributed by atoms with E-state index in [-0.39, 0.29) is 5.97 Å². The van der Waals surface area contributed by atoms with Gasteiger partial charge in [0.25, 0.3) is 0 Å². The van der Waals surface area contributed by atoms with Gasteiger partial charge in [-0.2, -0.15) is 0 Å². The molecule has 0 aliphatic carbocycles. The lowest BCUT2D eigenvalue weighted by Gasteiger charge is -2.29. The largest absolute Gasteiger partial charge is 0.465 e. The number of anilines is 1. The minimum atomic E-state index is -0.293. The Labute approximate surface area is 120 Å². The van der Waals surface area contributed by atoms with Crippen LogP contribution in [0.3, 0.4) is 0 Å². The van der Waals surface area contributed by atoms with Crippen molar-refractivity contribution >= 4 is 11.7 Å². The first-order valence-corrected chi connectivity index (χ1v) is 6.91. The number of nitrogens with zero attached hydrogens (tertiary/aromatic N) is 2. The van der Waals surface area contributed by atoms with Crippen molar-refractivity contribution < 1.29 is 14.3 Å². The molecule has 1 fully saturated rings. The lowest BCUT2D eigenvalue weighted by molar-refractivity contribution is 0.0393. The highest BCUT2D eigenvalue weighted by Crippen LogP contribution is 2.19. The van der Waals surface area contributed by atoms with Gasteiger partial charge < -0.3 is 14.4 Å². The van der Waals surface area contributed by atoms with E-state index in [1.807, 2.05) is 25.2 Å². The highest BCUT2D eigenvalue weighted by atomic mass is 16.5. The highest BCUT2D eigenvalue weighted by molar-refractivity contribution is 5.95. The van der Waals surface area contributed by atoms with Crippen molar-refractivity contribution in [3.8, 4) is 0 Å².